The minimum Gasteiger partial charge on any atom is -0.477 e. The fourth-order valence-corrected chi connectivity index (χ4v) is 8.61. The molecule has 2 aromatic heterocycles. The van der Waals surface area contributed by atoms with Gasteiger partial charge in [-0.25, -0.2) is 9.78 Å². The number of β-lactam (4-membered cyclic amide) rings is 1. The van der Waals surface area contributed by atoms with E-state index in [9.17, 15) is 29.2 Å². The van der Waals surface area contributed by atoms with Gasteiger partial charge < -0.3 is 26.8 Å². The lowest BCUT2D eigenvalue weighted by atomic mass is 10.0. The van der Waals surface area contributed by atoms with E-state index in [0.717, 1.165) is 46.4 Å². The van der Waals surface area contributed by atoms with Gasteiger partial charge in [0.15, 0.2) is 11.0 Å². The monoisotopic (exact) mass is 665 g/mol. The maximum atomic E-state index is 13.1. The Bertz CT molecular complexity index is 1450. The lowest BCUT2D eigenvalue weighted by molar-refractivity contribution is -0.150. The molecule has 15 nitrogen and oxygen atoms in total. The van der Waals surface area contributed by atoms with Gasteiger partial charge in [0, 0.05) is 51.3 Å². The molecule has 6 N–H and O–H groups in total. The first-order valence-corrected chi connectivity index (χ1v) is 16.9. The number of hydrogen-bond acceptors (Lipinski definition) is 15. The summed E-state index contributed by atoms with van der Waals surface area (Å²) in [6, 6.07) is 0.843. The summed E-state index contributed by atoms with van der Waals surface area (Å²) in [5, 5.41) is 20.8. The van der Waals surface area contributed by atoms with Crippen molar-refractivity contribution < 1.29 is 24.3 Å². The largest absolute Gasteiger partial charge is 0.477 e. The second-order valence-electron chi connectivity index (χ2n) is 9.51. The van der Waals surface area contributed by atoms with Crippen LogP contribution in [0.2, 0.25) is 0 Å². The normalized spacial score (nSPS) is 22.0. The van der Waals surface area contributed by atoms with Gasteiger partial charge in [-0.1, -0.05) is 11.8 Å². The van der Waals surface area contributed by atoms with Crippen LogP contribution >= 0.6 is 46.8 Å². The van der Waals surface area contributed by atoms with Gasteiger partial charge in [-0.2, -0.15) is 16.1 Å². The highest BCUT2D eigenvalue weighted by atomic mass is 32.2. The average molecular weight is 666 g/mol. The van der Waals surface area contributed by atoms with E-state index in [0.29, 0.717) is 23.0 Å². The Balaban J connectivity index is 1.20. The Morgan fingerprint density at radius 3 is 2.88 bits per heavy atom. The predicted octanol–water partition coefficient (Wildman–Crippen LogP) is 0.913. The number of nitroso groups, excluding NO2 is 1. The quantitative estimate of drug-likeness (QED) is 0.114. The summed E-state index contributed by atoms with van der Waals surface area (Å²) in [5.74, 6) is -1.42. The first-order valence-electron chi connectivity index (χ1n) is 13.1. The van der Waals surface area contributed by atoms with E-state index in [2.05, 4.69) is 35.5 Å². The third-order valence-electron chi connectivity index (χ3n) is 6.73. The van der Waals surface area contributed by atoms with Crippen LogP contribution < -0.4 is 21.7 Å². The van der Waals surface area contributed by atoms with Crippen molar-refractivity contribution in [1.82, 2.24) is 35.2 Å². The number of nitrogen functional groups attached to an aromatic ring is 1. The van der Waals surface area contributed by atoms with Crippen LogP contribution in [0.4, 0.5) is 5.13 Å². The molecule has 3 aliphatic rings. The molecule has 0 radical (unpaired) electrons. The first kappa shape index (κ1) is 31.2. The van der Waals surface area contributed by atoms with Crippen LogP contribution in [-0.2, 0) is 24.9 Å². The second kappa shape index (κ2) is 14.0. The molecule has 43 heavy (non-hydrogen) atoms. The number of rotatable bonds is 13. The molecule has 228 valence electrons. The standard InChI is InChI=1S/C24H27N9O6S4/c25-24-30-18(32-43-24)15(31-39)20(35)29-16-21(36)33-17(23(37)38)14(10-41-22(16)33)42-13-4-2-6-27-12(13)9-40-8-7-28-19(34)11-3-1-5-26-11/h2,4,6,11,15-16,22,26H,1,3,5,7-10H2,(H,28,34)(H,29,35)(H,37,38)(H2,25,30,32)/t11-,15?,16+,22-/m0/s1. The summed E-state index contributed by atoms with van der Waals surface area (Å²) in [4.78, 5) is 72.3. The highest BCUT2D eigenvalue weighted by Crippen LogP contribution is 2.46. The zero-order valence-corrected chi connectivity index (χ0v) is 25.7. The van der Waals surface area contributed by atoms with Crippen LogP contribution in [0.25, 0.3) is 0 Å². The average Bonchev–Trinajstić information content (AvgIpc) is 3.69. The smallest absolute Gasteiger partial charge is 0.353 e. The summed E-state index contributed by atoms with van der Waals surface area (Å²) in [6.45, 7) is 1.38. The number of amides is 3. The molecule has 2 saturated heterocycles. The summed E-state index contributed by atoms with van der Waals surface area (Å²) in [6.07, 6.45) is 3.50. The van der Waals surface area contributed by atoms with Gasteiger partial charge in [0.05, 0.1) is 11.7 Å². The van der Waals surface area contributed by atoms with E-state index in [1.165, 1.54) is 23.5 Å². The number of pyridine rings is 1. The molecule has 19 heteroatoms. The lowest BCUT2D eigenvalue weighted by Gasteiger charge is -2.49. The highest BCUT2D eigenvalue weighted by molar-refractivity contribution is 8.06. The van der Waals surface area contributed by atoms with E-state index < -0.39 is 35.2 Å². The Morgan fingerprint density at radius 1 is 1.35 bits per heavy atom. The third kappa shape index (κ3) is 6.95. The highest BCUT2D eigenvalue weighted by Gasteiger charge is 2.55. The van der Waals surface area contributed by atoms with Gasteiger partial charge >= 0.3 is 5.97 Å². The number of nitrogens with zero attached hydrogens (tertiary/aromatic N) is 5. The zero-order valence-electron chi connectivity index (χ0n) is 22.4. The molecular weight excluding hydrogens is 639 g/mol. The molecule has 4 atom stereocenters. The fraction of sp³-hybridized carbons (Fsp3) is 0.458. The first-order chi connectivity index (χ1) is 20.8. The number of aliphatic carboxylic acids is 1. The molecule has 0 spiro atoms. The Morgan fingerprint density at radius 2 is 2.19 bits per heavy atom. The van der Waals surface area contributed by atoms with Crippen LogP contribution in [0.15, 0.2) is 39.0 Å². The Labute approximate surface area is 262 Å². The minimum absolute atomic E-state index is 0.0117. The summed E-state index contributed by atoms with van der Waals surface area (Å²) >= 11 is 4.93. The van der Waals surface area contributed by atoms with Crippen LogP contribution in [0.1, 0.15) is 30.4 Å². The number of thioether (sulfide) groups is 3. The number of hydrogen-bond donors (Lipinski definition) is 5. The number of aromatic nitrogens is 3. The van der Waals surface area contributed by atoms with Crippen molar-refractivity contribution >= 4 is 75.6 Å². The summed E-state index contributed by atoms with van der Waals surface area (Å²) in [5.41, 5.74) is 6.13. The SMILES string of the molecule is Nc1nc(C(N=O)C(=O)N[C@@H]2C(=O)N3C(C(=O)O)=C(Sc4cccnc4CSCCNC(=O)[C@@H]4CCCN4)CS[C@@H]23)ns1. The number of carbonyl (C=O) groups excluding carboxylic acids is 3. The van der Waals surface area contributed by atoms with Crippen molar-refractivity contribution in [3.05, 3.63) is 45.4 Å². The zero-order chi connectivity index (χ0) is 30.5. The number of nitrogens with one attached hydrogen (secondary N) is 3. The van der Waals surface area contributed by atoms with Gasteiger partial charge in [0.25, 0.3) is 11.8 Å². The van der Waals surface area contributed by atoms with E-state index >= 15 is 0 Å². The molecule has 5 rings (SSSR count). The van der Waals surface area contributed by atoms with Gasteiger partial charge in [-0.15, -0.1) is 16.7 Å². The van der Waals surface area contributed by atoms with Crippen molar-refractivity contribution in [2.24, 2.45) is 5.18 Å². The van der Waals surface area contributed by atoms with Crippen molar-refractivity contribution in [2.45, 2.75) is 47.0 Å². The van der Waals surface area contributed by atoms with Gasteiger partial charge in [0.1, 0.15) is 17.1 Å². The van der Waals surface area contributed by atoms with Crippen molar-refractivity contribution in [3.8, 4) is 0 Å². The number of anilines is 1. The lowest BCUT2D eigenvalue weighted by Crippen LogP contribution is -2.70. The fourth-order valence-electron chi connectivity index (χ4n) is 4.68. The molecule has 1 unspecified atom stereocenters. The van der Waals surface area contributed by atoms with Crippen LogP contribution in [0.3, 0.4) is 0 Å². The van der Waals surface area contributed by atoms with E-state index in [-0.39, 0.29) is 34.4 Å². The molecule has 0 aliphatic carbocycles. The van der Waals surface area contributed by atoms with Crippen molar-refractivity contribution in [2.75, 3.05) is 30.3 Å². The maximum Gasteiger partial charge on any atom is 0.353 e. The van der Waals surface area contributed by atoms with Crippen LogP contribution in [0.5, 0.6) is 0 Å². The van der Waals surface area contributed by atoms with E-state index in [4.69, 9.17) is 5.73 Å². The van der Waals surface area contributed by atoms with Crippen LogP contribution in [0, 0.1) is 4.91 Å². The van der Waals surface area contributed by atoms with E-state index in [1.807, 2.05) is 6.07 Å². The predicted molar refractivity (Wildman–Crippen MR) is 163 cm³/mol. The number of carbonyl (C=O) groups is 4. The Hall–Kier alpha value is -3.26. The number of fused-ring (bicyclic) bond motifs is 1. The van der Waals surface area contributed by atoms with Gasteiger partial charge in [0.2, 0.25) is 11.9 Å². The maximum absolute atomic E-state index is 13.1. The molecule has 3 aliphatic heterocycles. The van der Waals surface area contributed by atoms with E-state index in [1.54, 1.807) is 24.0 Å². The number of carboxylic acids is 1. The summed E-state index contributed by atoms with van der Waals surface area (Å²) in [7, 11) is 0. The van der Waals surface area contributed by atoms with Crippen LogP contribution in [-0.4, -0.2) is 90.1 Å². The molecular formula is C24H27N9O6S4. The topological polar surface area (TPSA) is 222 Å². The molecule has 3 amide bonds. The molecule has 2 fully saturated rings. The molecule has 5 heterocycles. The molecule has 0 aromatic carbocycles. The van der Waals surface area contributed by atoms with Gasteiger partial charge in [-0.05, 0) is 36.7 Å². The molecule has 0 saturated carbocycles. The Kier molecular flexibility index (Phi) is 10.2. The second-order valence-corrected chi connectivity index (χ2v) is 13.6. The number of carboxylic acid groups (broad SMARTS) is 1. The van der Waals surface area contributed by atoms with Crippen molar-refractivity contribution in [3.63, 3.8) is 0 Å². The summed E-state index contributed by atoms with van der Waals surface area (Å²) < 4.78 is 3.84. The molecule has 2 aromatic rings. The van der Waals surface area contributed by atoms with Gasteiger partial charge in [-0.3, -0.25) is 24.3 Å². The third-order valence-corrected chi connectivity index (χ3v) is 10.9. The van der Waals surface area contributed by atoms with Crippen molar-refractivity contribution in [1.29, 1.82) is 0 Å². The molecule has 0 bridgehead atoms. The minimum atomic E-state index is -1.59. The number of nitrogens with two attached hydrogens (primary N) is 1.